The Labute approximate surface area is 115 Å². The summed E-state index contributed by atoms with van der Waals surface area (Å²) in [5.74, 6) is 1.32. The Balaban J connectivity index is 2.21. The van der Waals surface area contributed by atoms with Gasteiger partial charge in [0, 0.05) is 12.1 Å². The molecule has 0 aliphatic carbocycles. The Bertz CT molecular complexity index is 397. The molecule has 1 fully saturated rings. The van der Waals surface area contributed by atoms with E-state index >= 15 is 0 Å². The molecule has 0 radical (unpaired) electrons. The molecule has 1 aliphatic heterocycles. The highest BCUT2D eigenvalue weighted by Gasteiger charge is 2.32. The summed E-state index contributed by atoms with van der Waals surface area (Å²) in [5.41, 5.74) is 1.00. The van der Waals surface area contributed by atoms with E-state index in [2.05, 4.69) is 24.1 Å². The van der Waals surface area contributed by atoms with Gasteiger partial charge in [-0.15, -0.1) is 0 Å². The third-order valence-electron chi connectivity index (χ3n) is 3.63. The van der Waals surface area contributed by atoms with Crippen LogP contribution in [0.3, 0.4) is 0 Å². The number of rotatable bonds is 6. The number of ether oxygens (including phenoxy) is 2. The Morgan fingerprint density at radius 2 is 2.42 bits per heavy atom. The van der Waals surface area contributed by atoms with Crippen LogP contribution in [0.4, 0.5) is 0 Å². The van der Waals surface area contributed by atoms with E-state index < -0.39 is 0 Å². The molecule has 1 aliphatic rings. The van der Waals surface area contributed by atoms with E-state index in [1.165, 1.54) is 0 Å². The monoisotopic (exact) mass is 264 g/mol. The third-order valence-corrected chi connectivity index (χ3v) is 3.63. The Morgan fingerprint density at radius 1 is 1.58 bits per heavy atom. The van der Waals surface area contributed by atoms with E-state index in [4.69, 9.17) is 9.47 Å². The van der Waals surface area contributed by atoms with Crippen molar-refractivity contribution >= 4 is 0 Å². The van der Waals surface area contributed by atoms with E-state index in [1.54, 1.807) is 7.11 Å². The van der Waals surface area contributed by atoms with Crippen LogP contribution < -0.4 is 10.1 Å². The summed E-state index contributed by atoms with van der Waals surface area (Å²) in [6.07, 6.45) is 4.35. The molecule has 106 valence electrons. The number of hydrogen-bond donors (Lipinski definition) is 1. The van der Waals surface area contributed by atoms with Crippen molar-refractivity contribution < 1.29 is 9.47 Å². The predicted octanol–water partition coefficient (Wildman–Crippen LogP) is 2.56. The molecule has 0 amide bonds. The maximum absolute atomic E-state index is 5.71. The van der Waals surface area contributed by atoms with Crippen LogP contribution in [0.1, 0.15) is 38.4 Å². The van der Waals surface area contributed by atoms with Crippen LogP contribution in [0, 0.1) is 5.92 Å². The molecule has 1 aromatic heterocycles. The molecule has 4 heteroatoms. The molecule has 2 rings (SSSR count). The minimum Gasteiger partial charge on any atom is -0.495 e. The molecule has 4 nitrogen and oxygen atoms in total. The summed E-state index contributed by atoms with van der Waals surface area (Å²) in [4.78, 5) is 4.53. The van der Waals surface area contributed by atoms with Gasteiger partial charge in [0.2, 0.25) is 0 Å². The van der Waals surface area contributed by atoms with Gasteiger partial charge in [-0.25, -0.2) is 0 Å². The van der Waals surface area contributed by atoms with Gasteiger partial charge in [-0.2, -0.15) is 0 Å². The van der Waals surface area contributed by atoms with Crippen molar-refractivity contribution in [2.24, 2.45) is 5.92 Å². The fourth-order valence-corrected chi connectivity index (χ4v) is 2.68. The molecule has 0 saturated carbocycles. The molecule has 2 heterocycles. The van der Waals surface area contributed by atoms with E-state index in [0.29, 0.717) is 12.0 Å². The summed E-state index contributed by atoms with van der Waals surface area (Å²) < 4.78 is 11.2. The predicted molar refractivity (Wildman–Crippen MR) is 75.3 cm³/mol. The number of pyridine rings is 1. The smallest absolute Gasteiger partial charge is 0.141 e. The maximum atomic E-state index is 5.71. The highest BCUT2D eigenvalue weighted by Crippen LogP contribution is 2.34. The summed E-state index contributed by atoms with van der Waals surface area (Å²) in [6.45, 7) is 6.08. The van der Waals surface area contributed by atoms with Gasteiger partial charge in [0.1, 0.15) is 5.75 Å². The zero-order valence-corrected chi connectivity index (χ0v) is 12.1. The van der Waals surface area contributed by atoms with Crippen LogP contribution in [-0.4, -0.2) is 31.3 Å². The van der Waals surface area contributed by atoms with Crippen LogP contribution in [0.15, 0.2) is 18.3 Å². The summed E-state index contributed by atoms with van der Waals surface area (Å²) in [7, 11) is 1.70. The van der Waals surface area contributed by atoms with Crippen molar-refractivity contribution in [1.82, 2.24) is 10.3 Å². The standard InChI is InChI=1S/C15H24N2O2/c1-4-7-16-14(12-9-11(2)19-10-12)15-13(18-3)6-5-8-17-15/h5-6,8,11-12,14,16H,4,7,9-10H2,1-3H3. The highest BCUT2D eigenvalue weighted by atomic mass is 16.5. The molecular formula is C15H24N2O2. The van der Waals surface area contributed by atoms with Crippen molar-refractivity contribution in [2.75, 3.05) is 20.3 Å². The average molecular weight is 264 g/mol. The Morgan fingerprint density at radius 3 is 3.05 bits per heavy atom. The molecule has 1 aromatic rings. The number of aromatic nitrogens is 1. The van der Waals surface area contributed by atoms with Crippen molar-refractivity contribution in [3.05, 3.63) is 24.0 Å². The van der Waals surface area contributed by atoms with Gasteiger partial charge in [0.05, 0.1) is 31.6 Å². The molecule has 0 aromatic carbocycles. The van der Waals surface area contributed by atoms with E-state index in [9.17, 15) is 0 Å². The first-order chi connectivity index (χ1) is 9.26. The fourth-order valence-electron chi connectivity index (χ4n) is 2.68. The largest absolute Gasteiger partial charge is 0.495 e. The van der Waals surface area contributed by atoms with E-state index in [0.717, 1.165) is 37.4 Å². The van der Waals surface area contributed by atoms with Crippen LogP contribution in [0.25, 0.3) is 0 Å². The first-order valence-electron chi connectivity index (χ1n) is 7.10. The Kier molecular flexibility index (Phi) is 5.16. The third kappa shape index (κ3) is 3.45. The van der Waals surface area contributed by atoms with E-state index in [-0.39, 0.29) is 6.04 Å². The minimum absolute atomic E-state index is 0.209. The topological polar surface area (TPSA) is 43.4 Å². The lowest BCUT2D eigenvalue weighted by molar-refractivity contribution is 0.116. The number of nitrogens with one attached hydrogen (secondary N) is 1. The normalized spacial score (nSPS) is 24.4. The molecule has 0 bridgehead atoms. The molecule has 19 heavy (non-hydrogen) atoms. The van der Waals surface area contributed by atoms with Crippen LogP contribution in [0.2, 0.25) is 0 Å². The van der Waals surface area contributed by atoms with Gasteiger partial charge >= 0.3 is 0 Å². The highest BCUT2D eigenvalue weighted by molar-refractivity contribution is 5.30. The number of methoxy groups -OCH3 is 1. The van der Waals surface area contributed by atoms with Crippen molar-refractivity contribution in [3.63, 3.8) is 0 Å². The molecule has 3 atom stereocenters. The van der Waals surface area contributed by atoms with Gasteiger partial charge < -0.3 is 14.8 Å². The van der Waals surface area contributed by atoms with Gasteiger partial charge in [-0.1, -0.05) is 6.92 Å². The average Bonchev–Trinajstić information content (AvgIpc) is 2.86. The van der Waals surface area contributed by atoms with Crippen molar-refractivity contribution in [1.29, 1.82) is 0 Å². The second-order valence-electron chi connectivity index (χ2n) is 5.16. The van der Waals surface area contributed by atoms with Gasteiger partial charge in [0.15, 0.2) is 0 Å². The van der Waals surface area contributed by atoms with Gasteiger partial charge in [-0.3, -0.25) is 4.98 Å². The zero-order chi connectivity index (χ0) is 13.7. The maximum Gasteiger partial charge on any atom is 0.141 e. The lowest BCUT2D eigenvalue weighted by Gasteiger charge is -2.24. The minimum atomic E-state index is 0.209. The number of nitrogens with zero attached hydrogens (tertiary/aromatic N) is 1. The molecule has 1 N–H and O–H groups in total. The SMILES string of the molecule is CCCNC(c1ncccc1OC)C1COC(C)C1. The van der Waals surface area contributed by atoms with Crippen molar-refractivity contribution in [3.8, 4) is 5.75 Å². The van der Waals surface area contributed by atoms with Crippen LogP contribution in [-0.2, 0) is 4.74 Å². The van der Waals surface area contributed by atoms with Crippen LogP contribution >= 0.6 is 0 Å². The fraction of sp³-hybridized carbons (Fsp3) is 0.667. The lowest BCUT2D eigenvalue weighted by atomic mass is 9.93. The summed E-state index contributed by atoms with van der Waals surface area (Å²) in [6, 6.07) is 4.09. The van der Waals surface area contributed by atoms with Gasteiger partial charge in [0.25, 0.3) is 0 Å². The molecule has 3 unspecified atom stereocenters. The first-order valence-corrected chi connectivity index (χ1v) is 7.10. The lowest BCUT2D eigenvalue weighted by Crippen LogP contribution is -2.30. The molecule has 0 spiro atoms. The van der Waals surface area contributed by atoms with E-state index in [1.807, 2.05) is 18.3 Å². The zero-order valence-electron chi connectivity index (χ0n) is 12.1. The molecular weight excluding hydrogens is 240 g/mol. The Hall–Kier alpha value is -1.13. The molecule has 1 saturated heterocycles. The first kappa shape index (κ1) is 14.3. The van der Waals surface area contributed by atoms with Crippen LogP contribution in [0.5, 0.6) is 5.75 Å². The quantitative estimate of drug-likeness (QED) is 0.857. The summed E-state index contributed by atoms with van der Waals surface area (Å²) in [5, 5.41) is 3.60. The summed E-state index contributed by atoms with van der Waals surface area (Å²) >= 11 is 0. The van der Waals surface area contributed by atoms with Crippen molar-refractivity contribution in [2.45, 2.75) is 38.8 Å². The second-order valence-corrected chi connectivity index (χ2v) is 5.16. The number of hydrogen-bond acceptors (Lipinski definition) is 4. The second kappa shape index (κ2) is 6.87. The van der Waals surface area contributed by atoms with Gasteiger partial charge in [-0.05, 0) is 38.4 Å².